The van der Waals surface area contributed by atoms with E-state index in [2.05, 4.69) is 0 Å². The number of carbonyl (C=O) groups is 1. The van der Waals surface area contributed by atoms with Crippen molar-refractivity contribution in [2.45, 2.75) is 38.7 Å². The van der Waals surface area contributed by atoms with Gasteiger partial charge in [-0.25, -0.2) is 0 Å². The highest BCUT2D eigenvalue weighted by Gasteiger charge is 2.48. The van der Waals surface area contributed by atoms with Crippen LogP contribution in [0.1, 0.15) is 38.2 Å². The van der Waals surface area contributed by atoms with Crippen molar-refractivity contribution in [3.8, 4) is 11.5 Å². The lowest BCUT2D eigenvalue weighted by atomic mass is 9.72. The first-order chi connectivity index (χ1) is 12.4. The summed E-state index contributed by atoms with van der Waals surface area (Å²) in [5.74, 6) is 2.01. The molecule has 2 fully saturated rings. The number of aliphatic hydroxyl groups excluding tert-OH is 1. The fourth-order valence-corrected chi connectivity index (χ4v) is 3.76. The maximum Gasteiger partial charge on any atom is 0.236 e. The zero-order chi connectivity index (χ0) is 18.9. The number of methoxy groups -OCH3 is 1. The molecule has 3 N–H and O–H groups in total. The van der Waals surface area contributed by atoms with Gasteiger partial charge < -0.3 is 25.2 Å². The summed E-state index contributed by atoms with van der Waals surface area (Å²) >= 11 is 0. The molecule has 1 aromatic rings. The van der Waals surface area contributed by atoms with Gasteiger partial charge in [0.25, 0.3) is 0 Å². The Labute approximate surface area is 155 Å². The van der Waals surface area contributed by atoms with E-state index in [1.807, 2.05) is 25.1 Å². The monoisotopic (exact) mass is 362 g/mol. The molecule has 1 aliphatic heterocycles. The number of ether oxygens (including phenoxy) is 2. The first kappa shape index (κ1) is 19.0. The van der Waals surface area contributed by atoms with Gasteiger partial charge in [0.05, 0.1) is 26.4 Å². The van der Waals surface area contributed by atoms with Gasteiger partial charge in [0.15, 0.2) is 11.5 Å². The first-order valence-electron chi connectivity index (χ1n) is 9.35. The van der Waals surface area contributed by atoms with E-state index in [4.69, 9.17) is 15.2 Å². The van der Waals surface area contributed by atoms with Crippen LogP contribution < -0.4 is 15.2 Å². The molecule has 1 aromatic carbocycles. The van der Waals surface area contributed by atoms with Crippen LogP contribution in [0.2, 0.25) is 0 Å². The molecule has 26 heavy (non-hydrogen) atoms. The molecular weight excluding hydrogens is 332 g/mol. The molecule has 0 unspecified atom stereocenters. The number of hydrogen-bond acceptors (Lipinski definition) is 5. The molecule has 2 aliphatic rings. The van der Waals surface area contributed by atoms with Gasteiger partial charge in [-0.3, -0.25) is 4.79 Å². The van der Waals surface area contributed by atoms with Gasteiger partial charge >= 0.3 is 0 Å². The lowest BCUT2D eigenvalue weighted by Gasteiger charge is -2.33. The molecule has 1 aliphatic carbocycles. The molecular formula is C20H30N2O4. The molecule has 3 rings (SSSR count). The summed E-state index contributed by atoms with van der Waals surface area (Å²) in [6.07, 6.45) is 1.89. The molecule has 0 aromatic heterocycles. The molecule has 0 spiro atoms. The van der Waals surface area contributed by atoms with Crippen LogP contribution in [0.25, 0.3) is 0 Å². The van der Waals surface area contributed by atoms with Crippen molar-refractivity contribution in [3.05, 3.63) is 23.8 Å². The van der Waals surface area contributed by atoms with Crippen LogP contribution in [-0.2, 0) is 4.79 Å². The summed E-state index contributed by atoms with van der Waals surface area (Å²) in [5, 5.41) is 10.4. The van der Waals surface area contributed by atoms with Gasteiger partial charge in [-0.15, -0.1) is 0 Å². The van der Waals surface area contributed by atoms with Crippen LogP contribution in [0.15, 0.2) is 18.2 Å². The third-order valence-corrected chi connectivity index (χ3v) is 5.97. The first-order valence-corrected chi connectivity index (χ1v) is 9.35. The SMILES string of the molecule is COc1ccc([C@@H]2CN(C(=O)CN)C[C@@]2(C)[C@@H](C)O)cc1OCC1CC1. The number of likely N-dealkylation sites (tertiary alicyclic amines) is 1. The number of nitrogens with two attached hydrogens (primary N) is 1. The Morgan fingerprint density at radius 3 is 2.73 bits per heavy atom. The van der Waals surface area contributed by atoms with Gasteiger partial charge in [-0.1, -0.05) is 13.0 Å². The minimum atomic E-state index is -0.555. The molecule has 0 radical (unpaired) electrons. The highest BCUT2D eigenvalue weighted by atomic mass is 16.5. The van der Waals surface area contributed by atoms with Crippen LogP contribution >= 0.6 is 0 Å². The quantitative estimate of drug-likeness (QED) is 0.772. The number of rotatable bonds is 7. The Morgan fingerprint density at radius 1 is 1.42 bits per heavy atom. The van der Waals surface area contributed by atoms with Crippen molar-refractivity contribution < 1.29 is 19.4 Å². The molecule has 144 valence electrons. The smallest absolute Gasteiger partial charge is 0.236 e. The Kier molecular flexibility index (Phi) is 5.44. The van der Waals surface area contributed by atoms with E-state index in [1.165, 1.54) is 12.8 Å². The Morgan fingerprint density at radius 2 is 2.15 bits per heavy atom. The Balaban J connectivity index is 1.89. The topological polar surface area (TPSA) is 85.0 Å². The van der Waals surface area contributed by atoms with E-state index in [0.717, 1.165) is 11.3 Å². The number of benzene rings is 1. The minimum Gasteiger partial charge on any atom is -0.493 e. The predicted molar refractivity (Wildman–Crippen MR) is 99.4 cm³/mol. The maximum absolute atomic E-state index is 12.1. The van der Waals surface area contributed by atoms with Crippen LogP contribution in [0.5, 0.6) is 11.5 Å². The average molecular weight is 362 g/mol. The standard InChI is InChI=1S/C20H30N2O4/c1-13(23)20(2)12-22(19(24)9-21)10-16(20)15-6-7-17(25-3)18(8-15)26-11-14-4-5-14/h6-8,13-14,16,23H,4-5,9-12,21H2,1-3H3/t13-,16+,20+/m1/s1. The van der Waals surface area contributed by atoms with Crippen molar-refractivity contribution in [2.75, 3.05) is 33.4 Å². The van der Waals surface area contributed by atoms with E-state index < -0.39 is 11.5 Å². The van der Waals surface area contributed by atoms with Crippen molar-refractivity contribution in [3.63, 3.8) is 0 Å². The number of nitrogens with zero attached hydrogens (tertiary/aromatic N) is 1. The highest BCUT2D eigenvalue weighted by Crippen LogP contribution is 2.47. The molecule has 0 bridgehead atoms. The Hall–Kier alpha value is -1.79. The third-order valence-electron chi connectivity index (χ3n) is 5.97. The molecule has 1 saturated heterocycles. The molecule has 1 heterocycles. The lowest BCUT2D eigenvalue weighted by Crippen LogP contribution is -2.39. The zero-order valence-corrected chi connectivity index (χ0v) is 15.9. The molecule has 1 saturated carbocycles. The average Bonchev–Trinajstić information content (AvgIpc) is 3.40. The van der Waals surface area contributed by atoms with Crippen LogP contribution in [0.3, 0.4) is 0 Å². The van der Waals surface area contributed by atoms with Gasteiger partial charge in [-0.05, 0) is 43.4 Å². The number of aliphatic hydroxyl groups is 1. The van der Waals surface area contributed by atoms with E-state index >= 15 is 0 Å². The van der Waals surface area contributed by atoms with E-state index in [1.54, 1.807) is 18.9 Å². The second-order valence-corrected chi connectivity index (χ2v) is 7.88. The summed E-state index contributed by atoms with van der Waals surface area (Å²) in [7, 11) is 1.64. The van der Waals surface area contributed by atoms with Crippen LogP contribution in [-0.4, -0.2) is 55.4 Å². The van der Waals surface area contributed by atoms with Gasteiger partial charge in [0.1, 0.15) is 0 Å². The van der Waals surface area contributed by atoms with Crippen molar-refractivity contribution in [1.82, 2.24) is 4.90 Å². The highest BCUT2D eigenvalue weighted by molar-refractivity contribution is 5.78. The predicted octanol–water partition coefficient (Wildman–Crippen LogP) is 1.76. The summed E-state index contributed by atoms with van der Waals surface area (Å²) in [4.78, 5) is 13.9. The number of hydrogen-bond donors (Lipinski definition) is 2. The van der Waals surface area contributed by atoms with Crippen LogP contribution in [0, 0.1) is 11.3 Å². The second kappa shape index (κ2) is 7.45. The molecule has 1 amide bonds. The van der Waals surface area contributed by atoms with Crippen molar-refractivity contribution >= 4 is 5.91 Å². The van der Waals surface area contributed by atoms with E-state index in [0.29, 0.717) is 31.4 Å². The van der Waals surface area contributed by atoms with E-state index in [9.17, 15) is 9.90 Å². The van der Waals surface area contributed by atoms with Crippen LogP contribution in [0.4, 0.5) is 0 Å². The number of carbonyl (C=O) groups excluding carboxylic acids is 1. The largest absolute Gasteiger partial charge is 0.493 e. The van der Waals surface area contributed by atoms with Gasteiger partial charge in [0, 0.05) is 24.4 Å². The Bertz CT molecular complexity index is 659. The molecule has 6 heteroatoms. The second-order valence-electron chi connectivity index (χ2n) is 7.88. The normalized spacial score (nSPS) is 26.7. The summed E-state index contributed by atoms with van der Waals surface area (Å²) < 4.78 is 11.4. The maximum atomic E-state index is 12.1. The fraction of sp³-hybridized carbons (Fsp3) is 0.650. The fourth-order valence-electron chi connectivity index (χ4n) is 3.76. The van der Waals surface area contributed by atoms with Crippen molar-refractivity contribution in [2.24, 2.45) is 17.1 Å². The van der Waals surface area contributed by atoms with Gasteiger partial charge in [0.2, 0.25) is 5.91 Å². The summed E-state index contributed by atoms with van der Waals surface area (Å²) in [5.41, 5.74) is 6.16. The lowest BCUT2D eigenvalue weighted by molar-refractivity contribution is -0.129. The number of amides is 1. The summed E-state index contributed by atoms with van der Waals surface area (Å²) in [6.45, 7) is 5.55. The van der Waals surface area contributed by atoms with E-state index in [-0.39, 0.29) is 18.4 Å². The summed E-state index contributed by atoms with van der Waals surface area (Å²) in [6, 6.07) is 5.92. The van der Waals surface area contributed by atoms with Gasteiger partial charge in [-0.2, -0.15) is 0 Å². The zero-order valence-electron chi connectivity index (χ0n) is 15.9. The third kappa shape index (κ3) is 3.67. The van der Waals surface area contributed by atoms with Crippen molar-refractivity contribution in [1.29, 1.82) is 0 Å². The minimum absolute atomic E-state index is 0.00665. The molecule has 6 nitrogen and oxygen atoms in total. The molecule has 3 atom stereocenters.